The molecule has 3 amide bonds. The van der Waals surface area contributed by atoms with Gasteiger partial charge in [-0.15, -0.1) is 0 Å². The molecule has 12 nitrogen and oxygen atoms in total. The summed E-state index contributed by atoms with van der Waals surface area (Å²) in [6.07, 6.45) is -1.34. The highest BCUT2D eigenvalue weighted by atomic mass is 16.4. The van der Waals surface area contributed by atoms with Crippen LogP contribution in [0.25, 0.3) is 0 Å². The normalized spacial score (nSPS) is 14.4. The number of benzene rings is 3. The van der Waals surface area contributed by atoms with Gasteiger partial charge in [0, 0.05) is 12.8 Å². The number of carbonyl (C=O) groups is 4. The second-order valence-corrected chi connectivity index (χ2v) is 10.2. The van der Waals surface area contributed by atoms with Crippen molar-refractivity contribution in [1.29, 1.82) is 0 Å². The van der Waals surface area contributed by atoms with Crippen LogP contribution in [0, 0.1) is 0 Å². The van der Waals surface area contributed by atoms with Gasteiger partial charge >= 0.3 is 5.97 Å². The molecule has 0 saturated carbocycles. The Morgan fingerprint density at radius 1 is 0.651 bits per heavy atom. The van der Waals surface area contributed by atoms with Gasteiger partial charge in [-0.05, 0) is 54.3 Å². The molecule has 0 aliphatic rings. The highest BCUT2D eigenvalue weighted by Crippen LogP contribution is 2.14. The molecule has 5 unspecified atom stereocenters. The van der Waals surface area contributed by atoms with E-state index in [0.717, 1.165) is 5.56 Å². The van der Waals surface area contributed by atoms with E-state index in [1.54, 1.807) is 12.1 Å². The first-order valence-corrected chi connectivity index (χ1v) is 13.6. The fourth-order valence-electron chi connectivity index (χ4n) is 4.31. The molecule has 3 aromatic rings. The smallest absolute Gasteiger partial charge is 0.328 e. The van der Waals surface area contributed by atoms with Gasteiger partial charge in [0.25, 0.3) is 0 Å². The Labute approximate surface area is 248 Å². The number of hydrogen-bond donors (Lipinski definition) is 8. The lowest BCUT2D eigenvalue weighted by Crippen LogP contribution is -2.59. The molecule has 0 spiro atoms. The van der Waals surface area contributed by atoms with Gasteiger partial charge < -0.3 is 42.1 Å². The van der Waals surface area contributed by atoms with E-state index in [9.17, 15) is 39.6 Å². The van der Waals surface area contributed by atoms with Crippen molar-refractivity contribution in [3.8, 4) is 11.5 Å². The molecule has 0 aliphatic carbocycles. The maximum Gasteiger partial charge on any atom is 0.328 e. The van der Waals surface area contributed by atoms with Gasteiger partial charge in [-0.1, -0.05) is 54.6 Å². The van der Waals surface area contributed by atoms with Crippen LogP contribution in [0.3, 0.4) is 0 Å². The standard InChI is InChI=1S/C31H36N4O8/c1-18(36)27(31(42)43)35-30(41)26(17-21-9-13-23(38)14-10-21)34-29(40)25(16-20-7-11-22(37)12-8-20)33-28(39)24(32)15-19-5-3-2-4-6-19/h2-14,18,24-27,36-38H,15-17,32H2,1H3,(H,33,39)(H,34,40)(H,35,41)(H,42,43). The van der Waals surface area contributed by atoms with Crippen molar-refractivity contribution in [3.05, 3.63) is 95.6 Å². The lowest BCUT2D eigenvalue weighted by Gasteiger charge is -2.26. The van der Waals surface area contributed by atoms with Crippen LogP contribution in [0.1, 0.15) is 23.6 Å². The number of nitrogens with two attached hydrogens (primary N) is 1. The predicted octanol–water partition coefficient (Wildman–Crippen LogP) is 0.373. The van der Waals surface area contributed by atoms with Crippen LogP contribution in [0.5, 0.6) is 11.5 Å². The molecule has 3 rings (SSSR count). The molecule has 5 atom stereocenters. The highest BCUT2D eigenvalue weighted by molar-refractivity contribution is 5.94. The van der Waals surface area contributed by atoms with Crippen LogP contribution in [0.15, 0.2) is 78.9 Å². The fourth-order valence-corrected chi connectivity index (χ4v) is 4.31. The minimum atomic E-state index is -1.64. The molecule has 0 radical (unpaired) electrons. The summed E-state index contributed by atoms with van der Waals surface area (Å²) in [5.41, 5.74) is 8.09. The monoisotopic (exact) mass is 592 g/mol. The number of rotatable bonds is 14. The lowest BCUT2D eigenvalue weighted by molar-refractivity contribution is -0.145. The van der Waals surface area contributed by atoms with E-state index in [1.165, 1.54) is 43.3 Å². The summed E-state index contributed by atoms with van der Waals surface area (Å²) in [4.78, 5) is 51.6. The molecule has 0 aliphatic heterocycles. The van der Waals surface area contributed by atoms with Gasteiger partial charge in [0.2, 0.25) is 17.7 Å². The summed E-state index contributed by atoms with van der Waals surface area (Å²) >= 11 is 0. The minimum Gasteiger partial charge on any atom is -0.508 e. The van der Waals surface area contributed by atoms with E-state index >= 15 is 0 Å². The molecular formula is C31H36N4O8. The molecule has 0 aromatic heterocycles. The number of hydrogen-bond acceptors (Lipinski definition) is 8. The molecule has 9 N–H and O–H groups in total. The summed E-state index contributed by atoms with van der Waals surface area (Å²) in [6.45, 7) is 1.20. The molecule has 0 saturated heterocycles. The third-order valence-electron chi connectivity index (χ3n) is 6.70. The van der Waals surface area contributed by atoms with Crippen LogP contribution < -0.4 is 21.7 Å². The first kappa shape index (κ1) is 32.6. The summed E-state index contributed by atoms with van der Waals surface area (Å²) in [5.74, 6) is -3.72. The van der Waals surface area contributed by atoms with Crippen molar-refractivity contribution in [2.75, 3.05) is 0 Å². The number of nitrogens with one attached hydrogen (secondary N) is 3. The van der Waals surface area contributed by atoms with Crippen molar-refractivity contribution in [1.82, 2.24) is 16.0 Å². The molecule has 12 heteroatoms. The number of carbonyl (C=O) groups excluding carboxylic acids is 3. The van der Waals surface area contributed by atoms with Gasteiger partial charge in [-0.2, -0.15) is 0 Å². The maximum absolute atomic E-state index is 13.6. The Hall–Kier alpha value is -4.94. The number of aromatic hydroxyl groups is 2. The quantitative estimate of drug-likeness (QED) is 0.130. The Bertz CT molecular complexity index is 1380. The van der Waals surface area contributed by atoms with E-state index in [2.05, 4.69) is 16.0 Å². The van der Waals surface area contributed by atoms with Crippen molar-refractivity contribution in [2.45, 2.75) is 56.5 Å². The number of aliphatic hydroxyl groups is 1. The first-order chi connectivity index (χ1) is 20.4. The minimum absolute atomic E-state index is 0.00963. The molecule has 3 aromatic carbocycles. The number of aliphatic hydroxyl groups excluding tert-OH is 1. The van der Waals surface area contributed by atoms with Crippen LogP contribution in [-0.2, 0) is 38.4 Å². The summed E-state index contributed by atoms with van der Waals surface area (Å²) in [5, 5.41) is 46.1. The van der Waals surface area contributed by atoms with Gasteiger partial charge in [0.1, 0.15) is 23.6 Å². The second kappa shape index (κ2) is 15.3. The predicted molar refractivity (Wildman–Crippen MR) is 157 cm³/mol. The first-order valence-electron chi connectivity index (χ1n) is 13.6. The van der Waals surface area contributed by atoms with E-state index < -0.39 is 54.0 Å². The third kappa shape index (κ3) is 10.1. The second-order valence-electron chi connectivity index (χ2n) is 10.2. The largest absolute Gasteiger partial charge is 0.508 e. The zero-order chi connectivity index (χ0) is 31.5. The Morgan fingerprint density at radius 3 is 1.51 bits per heavy atom. The van der Waals surface area contributed by atoms with E-state index in [1.807, 2.05) is 30.3 Å². The number of phenols is 2. The van der Waals surface area contributed by atoms with Crippen molar-refractivity contribution >= 4 is 23.7 Å². The Balaban J connectivity index is 1.85. The van der Waals surface area contributed by atoms with Crippen LogP contribution in [0.2, 0.25) is 0 Å². The van der Waals surface area contributed by atoms with E-state index in [4.69, 9.17) is 5.73 Å². The van der Waals surface area contributed by atoms with E-state index in [-0.39, 0.29) is 30.8 Å². The van der Waals surface area contributed by atoms with Crippen molar-refractivity contribution in [2.24, 2.45) is 5.73 Å². The topological polar surface area (TPSA) is 211 Å². The van der Waals surface area contributed by atoms with Gasteiger partial charge in [0.15, 0.2) is 6.04 Å². The number of amides is 3. The number of carboxylic acids is 1. The van der Waals surface area contributed by atoms with Crippen LogP contribution in [0.4, 0.5) is 0 Å². The summed E-state index contributed by atoms with van der Waals surface area (Å²) < 4.78 is 0. The average molecular weight is 593 g/mol. The summed E-state index contributed by atoms with van der Waals surface area (Å²) in [7, 11) is 0. The van der Waals surface area contributed by atoms with Gasteiger partial charge in [0.05, 0.1) is 12.1 Å². The molecule has 0 heterocycles. The van der Waals surface area contributed by atoms with Crippen molar-refractivity contribution < 1.29 is 39.6 Å². The van der Waals surface area contributed by atoms with E-state index in [0.29, 0.717) is 11.1 Å². The maximum atomic E-state index is 13.6. The Morgan fingerprint density at radius 2 is 1.07 bits per heavy atom. The Kier molecular flexibility index (Phi) is 11.6. The summed E-state index contributed by atoms with van der Waals surface area (Å²) in [6, 6.07) is 15.8. The fraction of sp³-hybridized carbons (Fsp3) is 0.290. The van der Waals surface area contributed by atoms with Gasteiger partial charge in [-0.3, -0.25) is 14.4 Å². The molecule has 0 bridgehead atoms. The van der Waals surface area contributed by atoms with Gasteiger partial charge in [-0.25, -0.2) is 4.79 Å². The average Bonchev–Trinajstić information content (AvgIpc) is 2.97. The molecule has 43 heavy (non-hydrogen) atoms. The number of aliphatic carboxylic acids is 1. The third-order valence-corrected chi connectivity index (χ3v) is 6.70. The van der Waals surface area contributed by atoms with Crippen molar-refractivity contribution in [3.63, 3.8) is 0 Å². The molecular weight excluding hydrogens is 556 g/mol. The van der Waals surface area contributed by atoms with Crippen LogP contribution >= 0.6 is 0 Å². The zero-order valence-corrected chi connectivity index (χ0v) is 23.5. The number of carboxylic acid groups (broad SMARTS) is 1. The highest BCUT2D eigenvalue weighted by Gasteiger charge is 2.32. The lowest BCUT2D eigenvalue weighted by atomic mass is 10.0. The number of phenolic OH excluding ortho intramolecular Hbond substituents is 2. The van der Waals surface area contributed by atoms with Crippen LogP contribution in [-0.4, -0.2) is 74.4 Å². The SMILES string of the molecule is CC(O)C(NC(=O)C(Cc1ccc(O)cc1)NC(=O)C(Cc1ccc(O)cc1)NC(=O)C(N)Cc1ccccc1)C(=O)O. The molecule has 0 fully saturated rings. The zero-order valence-electron chi connectivity index (χ0n) is 23.5. The molecule has 228 valence electrons.